The van der Waals surface area contributed by atoms with Crippen LogP contribution in [0.2, 0.25) is 0 Å². The Hall–Kier alpha value is -0.130. The number of rotatable bonds is 4. The zero-order valence-corrected chi connectivity index (χ0v) is 10.3. The highest BCUT2D eigenvalue weighted by Gasteiger charge is 2.34. The fourth-order valence-electron chi connectivity index (χ4n) is 1.74. The van der Waals surface area contributed by atoms with Crippen molar-refractivity contribution in [3.63, 3.8) is 0 Å². The van der Waals surface area contributed by atoms with Gasteiger partial charge in [0.2, 0.25) is 0 Å². The molecule has 3 unspecified atom stereocenters. The SMILES string of the molecule is CCC(C)CS(=O)(=O)C1COCCC1N. The number of hydrogen-bond acceptors (Lipinski definition) is 4. The molecule has 1 saturated heterocycles. The van der Waals surface area contributed by atoms with Crippen molar-refractivity contribution in [2.45, 2.75) is 38.0 Å². The normalized spacial score (nSPS) is 30.1. The van der Waals surface area contributed by atoms with Gasteiger partial charge in [-0.05, 0) is 12.3 Å². The first-order chi connectivity index (χ1) is 6.97. The van der Waals surface area contributed by atoms with E-state index in [-0.39, 0.29) is 24.3 Å². The maximum atomic E-state index is 12.0. The molecule has 15 heavy (non-hydrogen) atoms. The molecule has 0 aromatic heterocycles. The summed E-state index contributed by atoms with van der Waals surface area (Å²) in [7, 11) is -3.09. The minimum Gasteiger partial charge on any atom is -0.380 e. The van der Waals surface area contributed by atoms with Gasteiger partial charge in [-0.1, -0.05) is 20.3 Å². The van der Waals surface area contributed by atoms with Gasteiger partial charge in [0.05, 0.1) is 17.6 Å². The van der Waals surface area contributed by atoms with Gasteiger partial charge in [0, 0.05) is 12.6 Å². The molecule has 0 amide bonds. The van der Waals surface area contributed by atoms with E-state index < -0.39 is 15.1 Å². The van der Waals surface area contributed by atoms with E-state index in [1.54, 1.807) is 0 Å². The van der Waals surface area contributed by atoms with Gasteiger partial charge in [0.1, 0.15) is 0 Å². The van der Waals surface area contributed by atoms with Crippen LogP contribution in [0.5, 0.6) is 0 Å². The molecular weight excluding hydrogens is 214 g/mol. The molecule has 2 N–H and O–H groups in total. The molecule has 0 radical (unpaired) electrons. The second kappa shape index (κ2) is 5.27. The number of ether oxygens (including phenoxy) is 1. The first-order valence-corrected chi connectivity index (χ1v) is 7.23. The van der Waals surface area contributed by atoms with Crippen LogP contribution in [-0.4, -0.2) is 38.7 Å². The van der Waals surface area contributed by atoms with E-state index >= 15 is 0 Å². The van der Waals surface area contributed by atoms with Crippen LogP contribution >= 0.6 is 0 Å². The highest BCUT2D eigenvalue weighted by atomic mass is 32.2. The lowest BCUT2D eigenvalue weighted by Gasteiger charge is -2.29. The first kappa shape index (κ1) is 12.9. The Labute approximate surface area is 92.1 Å². The summed E-state index contributed by atoms with van der Waals surface area (Å²) in [6.45, 7) is 4.79. The van der Waals surface area contributed by atoms with Gasteiger partial charge >= 0.3 is 0 Å². The van der Waals surface area contributed by atoms with Gasteiger partial charge in [0.25, 0.3) is 0 Å². The predicted octanol–water partition coefficient (Wildman–Crippen LogP) is 0.564. The van der Waals surface area contributed by atoms with E-state index in [0.29, 0.717) is 13.0 Å². The Balaban J connectivity index is 2.67. The molecule has 0 spiro atoms. The van der Waals surface area contributed by atoms with Crippen LogP contribution in [0.25, 0.3) is 0 Å². The highest BCUT2D eigenvalue weighted by molar-refractivity contribution is 7.92. The summed E-state index contributed by atoms with van der Waals surface area (Å²) in [5, 5.41) is -0.500. The lowest BCUT2D eigenvalue weighted by molar-refractivity contribution is 0.0891. The van der Waals surface area contributed by atoms with Gasteiger partial charge in [-0.25, -0.2) is 8.42 Å². The summed E-state index contributed by atoms with van der Waals surface area (Å²) in [6, 6.07) is -0.257. The van der Waals surface area contributed by atoms with Crippen LogP contribution in [0.1, 0.15) is 26.7 Å². The Bertz CT molecular complexity index is 289. The lowest BCUT2D eigenvalue weighted by atomic mass is 10.1. The summed E-state index contributed by atoms with van der Waals surface area (Å²) >= 11 is 0. The smallest absolute Gasteiger partial charge is 0.157 e. The second-order valence-corrected chi connectivity index (χ2v) is 6.67. The van der Waals surface area contributed by atoms with Crippen molar-refractivity contribution in [3.8, 4) is 0 Å². The topological polar surface area (TPSA) is 69.4 Å². The fraction of sp³-hybridized carbons (Fsp3) is 1.00. The third-order valence-electron chi connectivity index (χ3n) is 3.03. The van der Waals surface area contributed by atoms with Crippen molar-refractivity contribution in [2.75, 3.05) is 19.0 Å². The van der Waals surface area contributed by atoms with Gasteiger partial charge < -0.3 is 10.5 Å². The molecule has 0 aromatic rings. The Morgan fingerprint density at radius 3 is 2.73 bits per heavy atom. The van der Waals surface area contributed by atoms with E-state index in [1.165, 1.54) is 0 Å². The van der Waals surface area contributed by atoms with Crippen molar-refractivity contribution in [1.82, 2.24) is 0 Å². The van der Waals surface area contributed by atoms with Crippen molar-refractivity contribution in [1.29, 1.82) is 0 Å². The second-order valence-electron chi connectivity index (χ2n) is 4.41. The summed E-state index contributed by atoms with van der Waals surface area (Å²) in [5.41, 5.74) is 5.82. The minimum atomic E-state index is -3.09. The third kappa shape index (κ3) is 3.43. The van der Waals surface area contributed by atoms with Gasteiger partial charge in [-0.3, -0.25) is 0 Å². The Kier molecular flexibility index (Phi) is 4.55. The maximum absolute atomic E-state index is 12.0. The zero-order chi connectivity index (χ0) is 11.5. The Morgan fingerprint density at radius 1 is 1.53 bits per heavy atom. The molecule has 1 aliphatic heterocycles. The average molecular weight is 235 g/mol. The minimum absolute atomic E-state index is 0.198. The molecule has 1 rings (SSSR count). The van der Waals surface area contributed by atoms with E-state index in [4.69, 9.17) is 10.5 Å². The van der Waals surface area contributed by atoms with Crippen LogP contribution in [0, 0.1) is 5.92 Å². The van der Waals surface area contributed by atoms with E-state index in [1.807, 2.05) is 13.8 Å². The molecule has 1 fully saturated rings. The number of sulfone groups is 1. The van der Waals surface area contributed by atoms with Crippen molar-refractivity contribution in [2.24, 2.45) is 11.7 Å². The lowest BCUT2D eigenvalue weighted by Crippen LogP contribution is -2.48. The molecule has 3 atom stereocenters. The molecule has 0 aliphatic carbocycles. The molecule has 0 bridgehead atoms. The summed E-state index contributed by atoms with van der Waals surface area (Å²) in [4.78, 5) is 0. The summed E-state index contributed by atoms with van der Waals surface area (Å²) < 4.78 is 29.2. The Morgan fingerprint density at radius 2 is 2.20 bits per heavy atom. The van der Waals surface area contributed by atoms with Gasteiger partial charge in [-0.2, -0.15) is 0 Å². The summed E-state index contributed by atoms with van der Waals surface area (Å²) in [6.07, 6.45) is 1.52. The van der Waals surface area contributed by atoms with Crippen LogP contribution in [0.3, 0.4) is 0 Å². The van der Waals surface area contributed by atoms with Crippen LogP contribution in [0.4, 0.5) is 0 Å². The summed E-state index contributed by atoms with van der Waals surface area (Å²) in [5.74, 6) is 0.426. The molecular formula is C10H21NO3S. The number of hydrogen-bond donors (Lipinski definition) is 1. The monoisotopic (exact) mass is 235 g/mol. The quantitative estimate of drug-likeness (QED) is 0.773. The number of nitrogens with two attached hydrogens (primary N) is 1. The van der Waals surface area contributed by atoms with Crippen LogP contribution in [0.15, 0.2) is 0 Å². The predicted molar refractivity (Wildman–Crippen MR) is 60.4 cm³/mol. The molecule has 0 aromatic carbocycles. The van der Waals surface area contributed by atoms with Gasteiger partial charge in [-0.15, -0.1) is 0 Å². The van der Waals surface area contributed by atoms with Crippen molar-refractivity contribution < 1.29 is 13.2 Å². The zero-order valence-electron chi connectivity index (χ0n) is 9.48. The highest BCUT2D eigenvalue weighted by Crippen LogP contribution is 2.18. The fourth-order valence-corrected chi connectivity index (χ4v) is 3.98. The van der Waals surface area contributed by atoms with Crippen molar-refractivity contribution >= 4 is 9.84 Å². The van der Waals surface area contributed by atoms with E-state index in [0.717, 1.165) is 6.42 Å². The first-order valence-electron chi connectivity index (χ1n) is 5.52. The van der Waals surface area contributed by atoms with E-state index in [9.17, 15) is 8.42 Å². The van der Waals surface area contributed by atoms with Crippen molar-refractivity contribution in [3.05, 3.63) is 0 Å². The molecule has 1 aliphatic rings. The largest absolute Gasteiger partial charge is 0.380 e. The average Bonchev–Trinajstić information content (AvgIpc) is 2.17. The third-order valence-corrected chi connectivity index (χ3v) is 5.47. The molecule has 1 heterocycles. The standard InChI is InChI=1S/C10H21NO3S/c1-3-8(2)7-15(12,13)10-6-14-5-4-9(10)11/h8-10H,3-7,11H2,1-2H3. The van der Waals surface area contributed by atoms with Crippen LogP contribution < -0.4 is 5.73 Å². The molecule has 4 nitrogen and oxygen atoms in total. The van der Waals surface area contributed by atoms with E-state index in [2.05, 4.69) is 0 Å². The molecule has 90 valence electrons. The molecule has 5 heteroatoms. The maximum Gasteiger partial charge on any atom is 0.157 e. The molecule has 0 saturated carbocycles. The van der Waals surface area contributed by atoms with Gasteiger partial charge in [0.15, 0.2) is 9.84 Å². The van der Waals surface area contributed by atoms with Crippen LogP contribution in [-0.2, 0) is 14.6 Å².